The van der Waals surface area contributed by atoms with Crippen molar-refractivity contribution in [1.82, 2.24) is 0 Å². The van der Waals surface area contributed by atoms with Gasteiger partial charge in [0.05, 0.1) is 0 Å². The summed E-state index contributed by atoms with van der Waals surface area (Å²) in [5.74, 6) is 0.276. The molecule has 0 unspecified atom stereocenters. The number of nitrogens with one attached hydrogen (secondary N) is 1. The van der Waals surface area contributed by atoms with Gasteiger partial charge in [0.2, 0.25) is 5.91 Å². The Labute approximate surface area is 103 Å². The first-order chi connectivity index (χ1) is 8.13. The molecule has 0 saturated carbocycles. The number of carbonyl (C=O) groups is 1. The van der Waals surface area contributed by atoms with E-state index in [0.717, 1.165) is 24.1 Å². The second kappa shape index (κ2) is 6.94. The van der Waals surface area contributed by atoms with Gasteiger partial charge in [0.15, 0.2) is 0 Å². The minimum absolute atomic E-state index is 0.0508. The Morgan fingerprint density at radius 1 is 1.29 bits per heavy atom. The molecule has 3 heteroatoms. The smallest absolute Gasteiger partial charge is 0.224 e. The molecule has 2 N–H and O–H groups in total. The number of aromatic hydroxyl groups is 1. The van der Waals surface area contributed by atoms with Gasteiger partial charge in [-0.3, -0.25) is 4.79 Å². The van der Waals surface area contributed by atoms with Crippen LogP contribution in [-0.4, -0.2) is 11.0 Å². The second-order valence-electron chi connectivity index (χ2n) is 4.36. The summed E-state index contributed by atoms with van der Waals surface area (Å²) in [5, 5.41) is 12.1. The number of aryl methyl sites for hydroxylation is 1. The van der Waals surface area contributed by atoms with E-state index in [4.69, 9.17) is 0 Å². The summed E-state index contributed by atoms with van der Waals surface area (Å²) in [6, 6.07) is 4.96. The average molecular weight is 235 g/mol. The van der Waals surface area contributed by atoms with Crippen molar-refractivity contribution in [3.05, 3.63) is 23.8 Å². The van der Waals surface area contributed by atoms with Gasteiger partial charge in [0.1, 0.15) is 5.75 Å². The van der Waals surface area contributed by atoms with Crippen LogP contribution in [0.1, 0.15) is 44.6 Å². The van der Waals surface area contributed by atoms with Crippen LogP contribution in [0.15, 0.2) is 18.2 Å². The molecule has 1 aromatic rings. The molecule has 1 amide bonds. The van der Waals surface area contributed by atoms with Crippen molar-refractivity contribution in [2.45, 2.75) is 46.0 Å². The lowest BCUT2D eigenvalue weighted by atomic mass is 10.1. The van der Waals surface area contributed by atoms with Gasteiger partial charge in [0, 0.05) is 12.1 Å². The SMILES string of the molecule is CCCCCCC(=O)Nc1ccc(O)cc1C. The fourth-order valence-corrected chi connectivity index (χ4v) is 1.71. The van der Waals surface area contributed by atoms with E-state index in [-0.39, 0.29) is 11.7 Å². The van der Waals surface area contributed by atoms with Gasteiger partial charge in [-0.1, -0.05) is 26.2 Å². The van der Waals surface area contributed by atoms with Crippen LogP contribution < -0.4 is 5.32 Å². The summed E-state index contributed by atoms with van der Waals surface area (Å²) in [4.78, 5) is 11.6. The third kappa shape index (κ3) is 4.89. The Morgan fingerprint density at radius 2 is 2.06 bits per heavy atom. The van der Waals surface area contributed by atoms with Gasteiger partial charge in [-0.05, 0) is 37.1 Å². The summed E-state index contributed by atoms with van der Waals surface area (Å²) >= 11 is 0. The zero-order valence-electron chi connectivity index (χ0n) is 10.6. The van der Waals surface area contributed by atoms with Crippen molar-refractivity contribution in [2.24, 2.45) is 0 Å². The van der Waals surface area contributed by atoms with Crippen LogP contribution in [-0.2, 0) is 4.79 Å². The molecule has 1 aromatic carbocycles. The standard InChI is InChI=1S/C14H21NO2/c1-3-4-5-6-7-14(17)15-13-9-8-12(16)10-11(13)2/h8-10,16H,3-7H2,1-2H3,(H,15,17). The molecule has 0 heterocycles. The van der Waals surface area contributed by atoms with Crippen LogP contribution in [0.25, 0.3) is 0 Å². The van der Waals surface area contributed by atoms with Crippen molar-refractivity contribution in [2.75, 3.05) is 5.32 Å². The first-order valence-corrected chi connectivity index (χ1v) is 6.23. The number of anilines is 1. The fourth-order valence-electron chi connectivity index (χ4n) is 1.71. The van der Waals surface area contributed by atoms with Gasteiger partial charge in [0.25, 0.3) is 0 Å². The number of hydrogen-bond donors (Lipinski definition) is 2. The Hall–Kier alpha value is -1.51. The molecule has 0 aliphatic rings. The number of phenolic OH excluding ortho intramolecular Hbond substituents is 1. The van der Waals surface area contributed by atoms with Crippen molar-refractivity contribution >= 4 is 11.6 Å². The number of hydrogen-bond acceptors (Lipinski definition) is 2. The highest BCUT2D eigenvalue weighted by Crippen LogP contribution is 2.20. The van der Waals surface area contributed by atoms with Crippen molar-refractivity contribution in [3.8, 4) is 5.75 Å². The van der Waals surface area contributed by atoms with Crippen molar-refractivity contribution < 1.29 is 9.90 Å². The van der Waals surface area contributed by atoms with E-state index in [0.29, 0.717) is 6.42 Å². The molecule has 0 bridgehead atoms. The minimum Gasteiger partial charge on any atom is -0.508 e. The summed E-state index contributed by atoms with van der Waals surface area (Å²) in [7, 11) is 0. The monoisotopic (exact) mass is 235 g/mol. The zero-order valence-corrected chi connectivity index (χ0v) is 10.6. The first kappa shape index (κ1) is 13.6. The van der Waals surface area contributed by atoms with E-state index in [9.17, 15) is 9.90 Å². The maximum atomic E-state index is 11.6. The number of benzene rings is 1. The Bertz CT molecular complexity index is 374. The highest BCUT2D eigenvalue weighted by molar-refractivity contribution is 5.91. The fraction of sp³-hybridized carbons (Fsp3) is 0.500. The molecule has 0 spiro atoms. The topological polar surface area (TPSA) is 49.3 Å². The summed E-state index contributed by atoms with van der Waals surface area (Å²) in [5.41, 5.74) is 1.66. The first-order valence-electron chi connectivity index (χ1n) is 6.23. The number of carbonyl (C=O) groups excluding carboxylic acids is 1. The second-order valence-corrected chi connectivity index (χ2v) is 4.36. The van der Waals surface area contributed by atoms with Gasteiger partial charge in [-0.15, -0.1) is 0 Å². The Balaban J connectivity index is 2.40. The van der Waals surface area contributed by atoms with E-state index in [1.807, 2.05) is 6.92 Å². The predicted octanol–water partition coefficient (Wildman–Crippen LogP) is 3.61. The normalized spacial score (nSPS) is 10.2. The molecule has 0 atom stereocenters. The molecule has 1 rings (SSSR count). The van der Waals surface area contributed by atoms with Gasteiger partial charge in [-0.25, -0.2) is 0 Å². The lowest BCUT2D eigenvalue weighted by Gasteiger charge is -2.08. The molecule has 0 saturated heterocycles. The molecular formula is C14H21NO2. The highest BCUT2D eigenvalue weighted by atomic mass is 16.3. The third-order valence-electron chi connectivity index (χ3n) is 2.74. The largest absolute Gasteiger partial charge is 0.508 e. The molecule has 0 aliphatic heterocycles. The van der Waals surface area contributed by atoms with E-state index < -0.39 is 0 Å². The molecule has 0 radical (unpaired) electrons. The Morgan fingerprint density at radius 3 is 2.71 bits per heavy atom. The van der Waals surface area contributed by atoms with Crippen LogP contribution in [0.5, 0.6) is 5.75 Å². The maximum absolute atomic E-state index is 11.6. The van der Waals surface area contributed by atoms with Crippen LogP contribution in [0, 0.1) is 6.92 Å². The van der Waals surface area contributed by atoms with E-state index in [1.165, 1.54) is 12.8 Å². The van der Waals surface area contributed by atoms with Crippen LogP contribution in [0.4, 0.5) is 5.69 Å². The maximum Gasteiger partial charge on any atom is 0.224 e. The summed E-state index contributed by atoms with van der Waals surface area (Å²) in [6.45, 7) is 4.02. The molecule has 94 valence electrons. The van der Waals surface area contributed by atoms with Gasteiger partial charge < -0.3 is 10.4 Å². The van der Waals surface area contributed by atoms with E-state index >= 15 is 0 Å². The molecular weight excluding hydrogens is 214 g/mol. The number of amides is 1. The summed E-state index contributed by atoms with van der Waals surface area (Å²) < 4.78 is 0. The Kier molecular flexibility index (Phi) is 5.53. The molecule has 0 aliphatic carbocycles. The quantitative estimate of drug-likeness (QED) is 0.584. The lowest BCUT2D eigenvalue weighted by molar-refractivity contribution is -0.116. The highest BCUT2D eigenvalue weighted by Gasteiger charge is 2.04. The van der Waals surface area contributed by atoms with Crippen LogP contribution in [0.3, 0.4) is 0 Å². The summed E-state index contributed by atoms with van der Waals surface area (Å²) in [6.07, 6.45) is 4.99. The average Bonchev–Trinajstić information content (AvgIpc) is 2.28. The van der Waals surface area contributed by atoms with Gasteiger partial charge >= 0.3 is 0 Å². The zero-order chi connectivity index (χ0) is 12.7. The van der Waals surface area contributed by atoms with Crippen LogP contribution >= 0.6 is 0 Å². The lowest BCUT2D eigenvalue weighted by Crippen LogP contribution is -2.11. The van der Waals surface area contributed by atoms with E-state index in [1.54, 1.807) is 18.2 Å². The molecule has 17 heavy (non-hydrogen) atoms. The number of rotatable bonds is 6. The van der Waals surface area contributed by atoms with Crippen LogP contribution in [0.2, 0.25) is 0 Å². The van der Waals surface area contributed by atoms with Crippen molar-refractivity contribution in [3.63, 3.8) is 0 Å². The predicted molar refractivity (Wildman–Crippen MR) is 70.2 cm³/mol. The molecule has 0 fully saturated rings. The minimum atomic E-state index is 0.0508. The third-order valence-corrected chi connectivity index (χ3v) is 2.74. The molecule has 0 aromatic heterocycles. The number of unbranched alkanes of at least 4 members (excludes halogenated alkanes) is 3. The van der Waals surface area contributed by atoms with Gasteiger partial charge in [-0.2, -0.15) is 0 Å². The number of phenols is 1. The molecule has 3 nitrogen and oxygen atoms in total. The van der Waals surface area contributed by atoms with Crippen molar-refractivity contribution in [1.29, 1.82) is 0 Å². The van der Waals surface area contributed by atoms with E-state index in [2.05, 4.69) is 12.2 Å².